The second-order valence-corrected chi connectivity index (χ2v) is 5.15. The average molecular weight is 327 g/mol. The van der Waals surface area contributed by atoms with Crippen LogP contribution in [0.4, 0.5) is 0 Å². The fraction of sp³-hybridized carbons (Fsp3) is 0.222. The highest BCUT2D eigenvalue weighted by Crippen LogP contribution is 2.25. The quantitative estimate of drug-likeness (QED) is 0.578. The standard InChI is InChI=1S/C18H17NO5/c20-17-9-10-18(21)19(17)23-12-11-22-15-7-4-8-16(13-15)24-14-5-2-1-3-6-14/h1-8,13H,9-12H2. The molecule has 0 unspecified atom stereocenters. The number of amides is 2. The number of rotatable bonds is 7. The lowest BCUT2D eigenvalue weighted by Gasteiger charge is -2.14. The Bertz CT molecular complexity index is 700. The minimum Gasteiger partial charge on any atom is -0.491 e. The molecule has 0 aromatic heterocycles. The molecule has 2 aromatic carbocycles. The van der Waals surface area contributed by atoms with E-state index in [-0.39, 0.29) is 37.9 Å². The minimum atomic E-state index is -0.307. The zero-order valence-electron chi connectivity index (χ0n) is 13.0. The van der Waals surface area contributed by atoms with Crippen LogP contribution in [-0.4, -0.2) is 30.1 Å². The maximum atomic E-state index is 11.4. The molecule has 3 rings (SSSR count). The maximum Gasteiger partial charge on any atom is 0.253 e. The Morgan fingerprint density at radius 2 is 1.46 bits per heavy atom. The molecule has 6 nitrogen and oxygen atoms in total. The van der Waals surface area contributed by atoms with E-state index in [2.05, 4.69) is 0 Å². The lowest BCUT2D eigenvalue weighted by molar-refractivity contribution is -0.189. The molecular weight excluding hydrogens is 310 g/mol. The van der Waals surface area contributed by atoms with Crippen molar-refractivity contribution < 1.29 is 23.9 Å². The topological polar surface area (TPSA) is 65.1 Å². The molecule has 0 spiro atoms. The number of hydrogen-bond donors (Lipinski definition) is 0. The highest BCUT2D eigenvalue weighted by Gasteiger charge is 2.29. The molecule has 1 aliphatic rings. The Hall–Kier alpha value is -2.86. The zero-order valence-corrected chi connectivity index (χ0v) is 13.0. The smallest absolute Gasteiger partial charge is 0.253 e. The third-order valence-electron chi connectivity index (χ3n) is 3.36. The Morgan fingerprint density at radius 1 is 0.792 bits per heavy atom. The lowest BCUT2D eigenvalue weighted by atomic mass is 10.3. The Kier molecular flexibility index (Phi) is 5.08. The van der Waals surface area contributed by atoms with Crippen molar-refractivity contribution >= 4 is 11.8 Å². The van der Waals surface area contributed by atoms with Gasteiger partial charge in [-0.3, -0.25) is 14.4 Å². The van der Waals surface area contributed by atoms with Gasteiger partial charge in [0.2, 0.25) is 0 Å². The monoisotopic (exact) mass is 327 g/mol. The van der Waals surface area contributed by atoms with Crippen molar-refractivity contribution in [2.75, 3.05) is 13.2 Å². The second kappa shape index (κ2) is 7.61. The van der Waals surface area contributed by atoms with Crippen molar-refractivity contribution in [1.29, 1.82) is 0 Å². The highest BCUT2D eigenvalue weighted by molar-refractivity contribution is 6.00. The van der Waals surface area contributed by atoms with Crippen molar-refractivity contribution in [1.82, 2.24) is 5.06 Å². The second-order valence-electron chi connectivity index (χ2n) is 5.15. The van der Waals surface area contributed by atoms with Gasteiger partial charge >= 0.3 is 0 Å². The third-order valence-corrected chi connectivity index (χ3v) is 3.36. The maximum absolute atomic E-state index is 11.4. The number of nitrogens with zero attached hydrogens (tertiary/aromatic N) is 1. The van der Waals surface area contributed by atoms with Gasteiger partial charge in [0.15, 0.2) is 0 Å². The van der Waals surface area contributed by atoms with Crippen LogP contribution in [0.3, 0.4) is 0 Å². The van der Waals surface area contributed by atoms with Crippen LogP contribution in [0.2, 0.25) is 0 Å². The molecule has 0 atom stereocenters. The third kappa shape index (κ3) is 4.11. The molecule has 24 heavy (non-hydrogen) atoms. The summed E-state index contributed by atoms with van der Waals surface area (Å²) in [4.78, 5) is 27.9. The molecular formula is C18H17NO5. The van der Waals surface area contributed by atoms with Crippen molar-refractivity contribution in [3.63, 3.8) is 0 Å². The van der Waals surface area contributed by atoms with E-state index < -0.39 is 0 Å². The van der Waals surface area contributed by atoms with Crippen LogP contribution >= 0.6 is 0 Å². The molecule has 1 saturated heterocycles. The summed E-state index contributed by atoms with van der Waals surface area (Å²) in [5.74, 6) is 1.40. The summed E-state index contributed by atoms with van der Waals surface area (Å²) >= 11 is 0. The van der Waals surface area contributed by atoms with E-state index in [0.717, 1.165) is 10.8 Å². The van der Waals surface area contributed by atoms with Crippen molar-refractivity contribution in [3.8, 4) is 17.2 Å². The van der Waals surface area contributed by atoms with Crippen LogP contribution in [0.1, 0.15) is 12.8 Å². The van der Waals surface area contributed by atoms with E-state index in [1.807, 2.05) is 42.5 Å². The number of ether oxygens (including phenoxy) is 2. The van der Waals surface area contributed by atoms with Crippen molar-refractivity contribution in [2.45, 2.75) is 12.8 Å². The lowest BCUT2D eigenvalue weighted by Crippen LogP contribution is -2.30. The molecule has 124 valence electrons. The first-order valence-electron chi connectivity index (χ1n) is 7.67. The highest BCUT2D eigenvalue weighted by atomic mass is 16.7. The van der Waals surface area contributed by atoms with Gasteiger partial charge in [0.25, 0.3) is 11.8 Å². The summed E-state index contributed by atoms with van der Waals surface area (Å²) in [5.41, 5.74) is 0. The number of carbonyl (C=O) groups excluding carboxylic acids is 2. The molecule has 6 heteroatoms. The Labute approximate surface area is 139 Å². The van der Waals surface area contributed by atoms with Gasteiger partial charge in [0.05, 0.1) is 0 Å². The number of benzene rings is 2. The predicted molar refractivity (Wildman–Crippen MR) is 85.5 cm³/mol. The number of imide groups is 1. The molecule has 0 saturated carbocycles. The van der Waals surface area contributed by atoms with E-state index in [1.165, 1.54) is 0 Å². The number of hydroxylamine groups is 2. The van der Waals surface area contributed by atoms with Gasteiger partial charge < -0.3 is 9.47 Å². The van der Waals surface area contributed by atoms with Gasteiger partial charge in [-0.05, 0) is 24.3 Å². The summed E-state index contributed by atoms with van der Waals surface area (Å²) in [6, 6.07) is 16.7. The largest absolute Gasteiger partial charge is 0.491 e. The predicted octanol–water partition coefficient (Wildman–Crippen LogP) is 2.94. The molecule has 0 aliphatic carbocycles. The van der Waals surface area contributed by atoms with Crippen molar-refractivity contribution in [2.24, 2.45) is 0 Å². The first kappa shape index (κ1) is 16.0. The van der Waals surface area contributed by atoms with Crippen LogP contribution in [0.25, 0.3) is 0 Å². The molecule has 1 aliphatic heterocycles. The summed E-state index contributed by atoms with van der Waals surface area (Å²) in [7, 11) is 0. The van der Waals surface area contributed by atoms with Gasteiger partial charge in [-0.2, -0.15) is 5.06 Å². The molecule has 2 amide bonds. The number of carbonyl (C=O) groups is 2. The van der Waals surface area contributed by atoms with Crippen LogP contribution in [0.5, 0.6) is 17.2 Å². The van der Waals surface area contributed by atoms with Crippen LogP contribution in [-0.2, 0) is 14.4 Å². The molecule has 0 radical (unpaired) electrons. The molecule has 0 bridgehead atoms. The van der Waals surface area contributed by atoms with Crippen LogP contribution in [0.15, 0.2) is 54.6 Å². The first-order valence-corrected chi connectivity index (χ1v) is 7.67. The average Bonchev–Trinajstić information content (AvgIpc) is 2.91. The fourth-order valence-electron chi connectivity index (χ4n) is 2.24. The molecule has 2 aromatic rings. The summed E-state index contributed by atoms with van der Waals surface area (Å²) in [6.45, 7) is 0.326. The minimum absolute atomic E-state index is 0.112. The molecule has 0 N–H and O–H groups in total. The molecule has 1 fully saturated rings. The summed E-state index contributed by atoms with van der Waals surface area (Å²) in [5, 5.41) is 0.818. The number of para-hydroxylation sites is 1. The van der Waals surface area contributed by atoms with E-state index >= 15 is 0 Å². The van der Waals surface area contributed by atoms with Gasteiger partial charge in [0, 0.05) is 18.9 Å². The van der Waals surface area contributed by atoms with E-state index in [4.69, 9.17) is 14.3 Å². The first-order chi connectivity index (χ1) is 11.7. The molecule has 1 heterocycles. The summed E-state index contributed by atoms with van der Waals surface area (Å²) < 4.78 is 11.3. The van der Waals surface area contributed by atoms with Gasteiger partial charge in [-0.1, -0.05) is 24.3 Å². The fourth-order valence-corrected chi connectivity index (χ4v) is 2.24. The Balaban J connectivity index is 1.48. The van der Waals surface area contributed by atoms with E-state index in [9.17, 15) is 9.59 Å². The van der Waals surface area contributed by atoms with Gasteiger partial charge in [0.1, 0.15) is 30.5 Å². The van der Waals surface area contributed by atoms with Crippen molar-refractivity contribution in [3.05, 3.63) is 54.6 Å². The van der Waals surface area contributed by atoms with Crippen LogP contribution in [0, 0.1) is 0 Å². The van der Waals surface area contributed by atoms with Gasteiger partial charge in [-0.25, -0.2) is 0 Å². The zero-order chi connectivity index (χ0) is 16.8. The van der Waals surface area contributed by atoms with Gasteiger partial charge in [-0.15, -0.1) is 0 Å². The van der Waals surface area contributed by atoms with E-state index in [0.29, 0.717) is 11.5 Å². The number of hydrogen-bond acceptors (Lipinski definition) is 5. The normalized spacial score (nSPS) is 14.1. The SMILES string of the molecule is O=C1CCC(=O)N1OCCOc1cccc(Oc2ccccc2)c1. The van der Waals surface area contributed by atoms with Crippen LogP contribution < -0.4 is 9.47 Å². The van der Waals surface area contributed by atoms with E-state index in [1.54, 1.807) is 12.1 Å². The Morgan fingerprint density at radius 3 is 2.21 bits per heavy atom. The summed E-state index contributed by atoms with van der Waals surface area (Å²) in [6.07, 6.45) is 0.414.